The first-order chi connectivity index (χ1) is 11.1. The molecule has 1 heterocycles. The van der Waals surface area contributed by atoms with Crippen molar-refractivity contribution in [3.63, 3.8) is 0 Å². The van der Waals surface area contributed by atoms with E-state index in [-0.39, 0.29) is 11.9 Å². The smallest absolute Gasteiger partial charge is 0.245 e. The van der Waals surface area contributed by atoms with Crippen molar-refractivity contribution < 1.29 is 4.79 Å². The summed E-state index contributed by atoms with van der Waals surface area (Å²) in [5.74, 6) is 0.200. The lowest BCUT2D eigenvalue weighted by Gasteiger charge is -2.37. The summed E-state index contributed by atoms with van der Waals surface area (Å²) in [6.45, 7) is 10.1. The van der Waals surface area contributed by atoms with Gasteiger partial charge in [-0.3, -0.25) is 9.69 Å². The number of anilines is 1. The number of nitrogens with one attached hydrogen (secondary N) is 1. The van der Waals surface area contributed by atoms with E-state index in [0.29, 0.717) is 0 Å². The van der Waals surface area contributed by atoms with E-state index in [4.69, 9.17) is 0 Å². The van der Waals surface area contributed by atoms with E-state index >= 15 is 0 Å². The lowest BCUT2D eigenvalue weighted by Crippen LogP contribution is -2.58. The standard InChI is InChI=1S/C19H31N3O/c1-5-6-7-12-22-13-11-20-14-17(22)19(23)21(4)18-15(2)9-8-10-16(18)3/h8-10,17,20H,5-7,11-14H2,1-4H3. The van der Waals surface area contributed by atoms with Gasteiger partial charge in [0.1, 0.15) is 6.04 Å². The molecule has 4 nitrogen and oxygen atoms in total. The van der Waals surface area contributed by atoms with Crippen molar-refractivity contribution in [2.75, 3.05) is 38.1 Å². The second-order valence-electron chi connectivity index (χ2n) is 6.60. The number of carbonyl (C=O) groups excluding carboxylic acids is 1. The van der Waals surface area contributed by atoms with Gasteiger partial charge in [-0.2, -0.15) is 0 Å². The largest absolute Gasteiger partial charge is 0.314 e. The van der Waals surface area contributed by atoms with E-state index in [9.17, 15) is 4.79 Å². The Morgan fingerprint density at radius 3 is 2.65 bits per heavy atom. The molecule has 0 aliphatic carbocycles. The Kier molecular flexibility index (Phi) is 6.60. The first-order valence-electron chi connectivity index (χ1n) is 8.84. The number of unbranched alkanes of at least 4 members (excludes halogenated alkanes) is 2. The predicted molar refractivity (Wildman–Crippen MR) is 97.1 cm³/mol. The highest BCUT2D eigenvalue weighted by Crippen LogP contribution is 2.24. The Morgan fingerprint density at radius 1 is 1.30 bits per heavy atom. The molecule has 23 heavy (non-hydrogen) atoms. The summed E-state index contributed by atoms with van der Waals surface area (Å²) < 4.78 is 0. The maximum Gasteiger partial charge on any atom is 0.245 e. The highest BCUT2D eigenvalue weighted by Gasteiger charge is 2.31. The quantitative estimate of drug-likeness (QED) is 0.820. The molecule has 0 spiro atoms. The van der Waals surface area contributed by atoms with E-state index in [2.05, 4.69) is 43.1 Å². The van der Waals surface area contributed by atoms with Gasteiger partial charge >= 0.3 is 0 Å². The monoisotopic (exact) mass is 317 g/mol. The van der Waals surface area contributed by atoms with Crippen LogP contribution in [0, 0.1) is 13.8 Å². The number of nitrogens with zero attached hydrogens (tertiary/aromatic N) is 2. The molecule has 1 atom stereocenters. The highest BCUT2D eigenvalue weighted by molar-refractivity contribution is 5.98. The molecule has 1 amide bonds. The Morgan fingerprint density at radius 2 is 2.00 bits per heavy atom. The molecule has 1 aromatic carbocycles. The third-order valence-corrected chi connectivity index (χ3v) is 4.79. The van der Waals surface area contributed by atoms with Crippen LogP contribution in [0.5, 0.6) is 0 Å². The molecule has 1 unspecified atom stereocenters. The third kappa shape index (κ3) is 4.33. The van der Waals surface area contributed by atoms with Crippen molar-refractivity contribution in [2.45, 2.75) is 46.1 Å². The van der Waals surface area contributed by atoms with Crippen LogP contribution < -0.4 is 10.2 Å². The van der Waals surface area contributed by atoms with Gasteiger partial charge in [0.25, 0.3) is 0 Å². The number of amides is 1. The lowest BCUT2D eigenvalue weighted by atomic mass is 10.1. The average molecular weight is 317 g/mol. The summed E-state index contributed by atoms with van der Waals surface area (Å²) in [5.41, 5.74) is 3.36. The van der Waals surface area contributed by atoms with Crippen LogP contribution in [0.25, 0.3) is 0 Å². The average Bonchev–Trinajstić information content (AvgIpc) is 2.54. The lowest BCUT2D eigenvalue weighted by molar-refractivity contribution is -0.124. The molecule has 1 fully saturated rings. The molecule has 2 rings (SSSR count). The molecule has 0 saturated carbocycles. The summed E-state index contributed by atoms with van der Waals surface area (Å²) in [6.07, 6.45) is 3.62. The molecule has 1 aliphatic rings. The van der Waals surface area contributed by atoms with Gasteiger partial charge in [0.05, 0.1) is 0 Å². The maximum absolute atomic E-state index is 13.1. The summed E-state index contributed by atoms with van der Waals surface area (Å²) in [5, 5.41) is 3.38. The van der Waals surface area contributed by atoms with Crippen molar-refractivity contribution in [2.24, 2.45) is 0 Å². The molecular weight excluding hydrogens is 286 g/mol. The van der Waals surface area contributed by atoms with E-state index in [1.807, 2.05) is 18.0 Å². The van der Waals surface area contributed by atoms with Crippen LogP contribution >= 0.6 is 0 Å². The van der Waals surface area contributed by atoms with Crippen LogP contribution in [0.15, 0.2) is 18.2 Å². The van der Waals surface area contributed by atoms with E-state index < -0.39 is 0 Å². The zero-order valence-electron chi connectivity index (χ0n) is 15.1. The number of aryl methyl sites for hydroxylation is 2. The number of para-hydroxylation sites is 1. The predicted octanol–water partition coefficient (Wildman–Crippen LogP) is 2.73. The Hall–Kier alpha value is -1.39. The molecule has 1 aromatic rings. The van der Waals surface area contributed by atoms with Crippen LogP contribution in [0.1, 0.15) is 37.3 Å². The van der Waals surface area contributed by atoms with Crippen LogP contribution in [0.2, 0.25) is 0 Å². The molecule has 1 N–H and O–H groups in total. The summed E-state index contributed by atoms with van der Waals surface area (Å²) in [7, 11) is 1.91. The van der Waals surface area contributed by atoms with Crippen molar-refractivity contribution in [1.29, 1.82) is 0 Å². The van der Waals surface area contributed by atoms with Crippen molar-refractivity contribution >= 4 is 11.6 Å². The second kappa shape index (κ2) is 8.46. The van der Waals surface area contributed by atoms with Crippen molar-refractivity contribution in [3.05, 3.63) is 29.3 Å². The molecule has 1 saturated heterocycles. The maximum atomic E-state index is 13.1. The number of piperazine rings is 1. The molecular formula is C19H31N3O. The zero-order chi connectivity index (χ0) is 16.8. The number of likely N-dealkylation sites (N-methyl/N-ethyl adjacent to an activating group) is 1. The number of hydrogen-bond donors (Lipinski definition) is 1. The van der Waals surface area contributed by atoms with Gasteiger partial charge in [-0.1, -0.05) is 38.0 Å². The van der Waals surface area contributed by atoms with Crippen LogP contribution in [0.3, 0.4) is 0 Å². The molecule has 0 bridgehead atoms. The first kappa shape index (κ1) is 18.0. The minimum absolute atomic E-state index is 0.0513. The number of hydrogen-bond acceptors (Lipinski definition) is 3. The van der Waals surface area contributed by atoms with Gasteiger partial charge in [0, 0.05) is 32.4 Å². The molecule has 0 aromatic heterocycles. The summed E-state index contributed by atoms with van der Waals surface area (Å²) in [4.78, 5) is 17.3. The number of rotatable bonds is 6. The first-order valence-corrected chi connectivity index (χ1v) is 8.84. The minimum atomic E-state index is -0.0513. The number of benzene rings is 1. The molecule has 1 aliphatic heterocycles. The normalized spacial score (nSPS) is 18.9. The van der Waals surface area contributed by atoms with Crippen molar-refractivity contribution in [3.8, 4) is 0 Å². The van der Waals surface area contributed by atoms with Gasteiger partial charge in [0.2, 0.25) is 5.91 Å². The zero-order valence-corrected chi connectivity index (χ0v) is 15.1. The van der Waals surface area contributed by atoms with Crippen molar-refractivity contribution in [1.82, 2.24) is 10.2 Å². The fraction of sp³-hybridized carbons (Fsp3) is 0.632. The SMILES string of the molecule is CCCCCN1CCNCC1C(=O)N(C)c1c(C)cccc1C. The van der Waals surface area contributed by atoms with Gasteiger partial charge in [0.15, 0.2) is 0 Å². The molecule has 128 valence electrons. The van der Waals surface area contributed by atoms with E-state index in [1.165, 1.54) is 19.3 Å². The van der Waals surface area contributed by atoms with Gasteiger partial charge < -0.3 is 10.2 Å². The van der Waals surface area contributed by atoms with Crippen LogP contribution in [-0.2, 0) is 4.79 Å². The molecule has 0 radical (unpaired) electrons. The van der Waals surface area contributed by atoms with Gasteiger partial charge in [-0.25, -0.2) is 0 Å². The van der Waals surface area contributed by atoms with E-state index in [1.54, 1.807) is 0 Å². The number of carbonyl (C=O) groups is 1. The Bertz CT molecular complexity index is 509. The summed E-state index contributed by atoms with van der Waals surface area (Å²) >= 11 is 0. The fourth-order valence-corrected chi connectivity index (χ4v) is 3.49. The van der Waals surface area contributed by atoms with Crippen LogP contribution in [-0.4, -0.2) is 50.1 Å². The van der Waals surface area contributed by atoms with Gasteiger partial charge in [-0.05, 0) is 37.9 Å². The minimum Gasteiger partial charge on any atom is -0.314 e. The second-order valence-corrected chi connectivity index (χ2v) is 6.60. The topological polar surface area (TPSA) is 35.6 Å². The Balaban J connectivity index is 2.12. The molecule has 4 heteroatoms. The van der Waals surface area contributed by atoms with Gasteiger partial charge in [-0.15, -0.1) is 0 Å². The highest BCUT2D eigenvalue weighted by atomic mass is 16.2. The Labute approximate surface area is 140 Å². The third-order valence-electron chi connectivity index (χ3n) is 4.79. The summed E-state index contributed by atoms with van der Waals surface area (Å²) in [6, 6.07) is 6.14. The van der Waals surface area contributed by atoms with Crippen LogP contribution in [0.4, 0.5) is 5.69 Å². The fourth-order valence-electron chi connectivity index (χ4n) is 3.49. The van der Waals surface area contributed by atoms with E-state index in [0.717, 1.165) is 43.0 Å².